The van der Waals surface area contributed by atoms with E-state index in [0.717, 1.165) is 11.5 Å². The number of ether oxygens (including phenoxy) is 1. The third-order valence-electron chi connectivity index (χ3n) is 7.26. The molecule has 0 saturated carbocycles. The summed E-state index contributed by atoms with van der Waals surface area (Å²) in [5.74, 6) is 0.643. The first-order valence-corrected chi connectivity index (χ1v) is 13.5. The fourth-order valence-electron chi connectivity index (χ4n) is 5.14. The monoisotopic (exact) mass is 561 g/mol. The molecule has 9 heteroatoms. The normalized spacial score (nSPS) is 12.0. The minimum Gasteiger partial charge on any atom is -0.456 e. The Kier molecular flexibility index (Phi) is 7.11. The highest BCUT2D eigenvalue weighted by atomic mass is 19.1. The Morgan fingerprint density at radius 1 is 1.05 bits per heavy atom. The molecule has 0 atom stereocenters. The highest BCUT2D eigenvalue weighted by molar-refractivity contribution is 5.95. The van der Waals surface area contributed by atoms with Gasteiger partial charge >= 0.3 is 0 Å². The van der Waals surface area contributed by atoms with Crippen LogP contribution in [0.5, 0.6) is 11.5 Å². The molecule has 5 aromatic rings. The number of benzene rings is 2. The topological polar surface area (TPSA) is 93.3 Å². The molecule has 3 heterocycles. The molecule has 0 spiro atoms. The maximum atomic E-state index is 15.4. The van der Waals surface area contributed by atoms with Gasteiger partial charge in [-0.15, -0.1) is 0 Å². The van der Waals surface area contributed by atoms with Crippen LogP contribution in [0.15, 0.2) is 45.7 Å². The zero-order valence-corrected chi connectivity index (χ0v) is 24.2. The van der Waals surface area contributed by atoms with Crippen LogP contribution in [0.3, 0.4) is 0 Å². The second kappa shape index (κ2) is 10.3. The van der Waals surface area contributed by atoms with Crippen molar-refractivity contribution in [1.82, 2.24) is 14.5 Å². The first kappa shape index (κ1) is 28.3. The van der Waals surface area contributed by atoms with Crippen molar-refractivity contribution < 1.29 is 23.0 Å². The summed E-state index contributed by atoms with van der Waals surface area (Å²) in [6.07, 6.45) is 2.99. The van der Waals surface area contributed by atoms with Gasteiger partial charge in [-0.05, 0) is 69.5 Å². The molecular weight excluding hydrogens is 528 g/mol. The minimum absolute atomic E-state index is 0.0364. The van der Waals surface area contributed by atoms with E-state index < -0.39 is 17.2 Å². The number of aromatic amines is 1. The molecule has 0 aliphatic heterocycles. The molecule has 2 aromatic carbocycles. The van der Waals surface area contributed by atoms with Crippen molar-refractivity contribution in [2.45, 2.75) is 60.0 Å². The summed E-state index contributed by atoms with van der Waals surface area (Å²) in [6.45, 7) is 10.4. The van der Waals surface area contributed by atoms with Crippen LogP contribution in [0.2, 0.25) is 0 Å². The summed E-state index contributed by atoms with van der Waals surface area (Å²) in [5.41, 5.74) is 1.93. The number of aryl methyl sites for hydroxylation is 5. The Morgan fingerprint density at radius 2 is 1.73 bits per heavy atom. The van der Waals surface area contributed by atoms with Crippen molar-refractivity contribution in [3.05, 3.63) is 86.7 Å². The SMILES string of the molecule is CCc1nc(-c2cc3c(=O)n(C)cc(-c4cc(C(C)(C)O)c(F)cc4Oc4c(C)cc(F)cc4C)c3o2)c(CC)[nH]1. The average molecular weight is 562 g/mol. The lowest BCUT2D eigenvalue weighted by molar-refractivity contribution is 0.0745. The van der Waals surface area contributed by atoms with Crippen LogP contribution < -0.4 is 10.3 Å². The van der Waals surface area contributed by atoms with Crippen molar-refractivity contribution in [1.29, 1.82) is 0 Å². The number of rotatable bonds is 7. The molecule has 41 heavy (non-hydrogen) atoms. The van der Waals surface area contributed by atoms with E-state index in [1.54, 1.807) is 33.2 Å². The van der Waals surface area contributed by atoms with Crippen molar-refractivity contribution in [2.24, 2.45) is 7.05 Å². The van der Waals surface area contributed by atoms with Gasteiger partial charge in [0.15, 0.2) is 5.76 Å². The van der Waals surface area contributed by atoms with Gasteiger partial charge in [-0.3, -0.25) is 4.79 Å². The number of fused-ring (bicyclic) bond motifs is 1. The first-order chi connectivity index (χ1) is 19.3. The summed E-state index contributed by atoms with van der Waals surface area (Å²) in [5, 5.41) is 11.1. The zero-order chi connectivity index (χ0) is 29.8. The molecule has 0 amide bonds. The lowest BCUT2D eigenvalue weighted by atomic mass is 9.93. The van der Waals surface area contributed by atoms with Crippen LogP contribution in [0.4, 0.5) is 8.78 Å². The number of hydrogen-bond acceptors (Lipinski definition) is 5. The number of nitrogens with one attached hydrogen (secondary N) is 1. The number of imidazole rings is 1. The third-order valence-corrected chi connectivity index (χ3v) is 7.26. The van der Waals surface area contributed by atoms with Gasteiger partial charge in [0.25, 0.3) is 5.56 Å². The van der Waals surface area contributed by atoms with Crippen LogP contribution in [-0.4, -0.2) is 19.6 Å². The van der Waals surface area contributed by atoms with Gasteiger partial charge in [-0.1, -0.05) is 13.8 Å². The van der Waals surface area contributed by atoms with E-state index in [-0.39, 0.29) is 22.5 Å². The molecule has 214 valence electrons. The number of hydrogen-bond donors (Lipinski definition) is 2. The molecule has 0 radical (unpaired) electrons. The van der Waals surface area contributed by atoms with Crippen LogP contribution in [0, 0.1) is 25.5 Å². The van der Waals surface area contributed by atoms with Gasteiger partial charge < -0.3 is 23.8 Å². The summed E-state index contributed by atoms with van der Waals surface area (Å²) in [7, 11) is 1.62. The van der Waals surface area contributed by atoms with Gasteiger partial charge in [0.05, 0.1) is 11.0 Å². The van der Waals surface area contributed by atoms with Crippen LogP contribution in [0.25, 0.3) is 33.6 Å². The fraction of sp³-hybridized carbons (Fsp3) is 0.312. The van der Waals surface area contributed by atoms with Crippen LogP contribution >= 0.6 is 0 Å². The number of nitrogens with zero attached hydrogens (tertiary/aromatic N) is 2. The average Bonchev–Trinajstić information content (AvgIpc) is 3.52. The van der Waals surface area contributed by atoms with Crippen molar-refractivity contribution >= 4 is 11.0 Å². The highest BCUT2D eigenvalue weighted by Crippen LogP contribution is 2.43. The van der Waals surface area contributed by atoms with E-state index in [0.29, 0.717) is 57.7 Å². The number of furan rings is 1. The van der Waals surface area contributed by atoms with E-state index in [9.17, 15) is 14.3 Å². The summed E-state index contributed by atoms with van der Waals surface area (Å²) < 4.78 is 43.5. The lowest BCUT2D eigenvalue weighted by Gasteiger charge is -2.22. The maximum absolute atomic E-state index is 15.4. The molecule has 0 saturated heterocycles. The number of aromatic nitrogens is 3. The predicted molar refractivity (Wildman–Crippen MR) is 154 cm³/mol. The van der Waals surface area contributed by atoms with E-state index in [2.05, 4.69) is 9.97 Å². The van der Waals surface area contributed by atoms with Crippen molar-refractivity contribution in [3.63, 3.8) is 0 Å². The molecule has 0 aliphatic carbocycles. The Hall–Kier alpha value is -4.24. The molecule has 3 aromatic heterocycles. The van der Waals surface area contributed by atoms with Gasteiger partial charge in [-0.25, -0.2) is 13.8 Å². The molecule has 0 aliphatic rings. The standard InChI is InChI=1S/C32H33F2N3O4/c1-8-24-28(36-27(9-2)35-24)26-13-20-30(41-26)21(15-37(7)31(20)38)19-12-22(32(5,6)39)23(34)14-25(19)40-29-16(3)10-18(33)11-17(29)4/h10-15,39H,8-9H2,1-7H3,(H,35,36). The highest BCUT2D eigenvalue weighted by Gasteiger charge is 2.27. The minimum atomic E-state index is -1.52. The molecule has 5 rings (SSSR count). The Balaban J connectivity index is 1.81. The summed E-state index contributed by atoms with van der Waals surface area (Å²) in [6, 6.07) is 7.05. The Bertz CT molecular complexity index is 1830. The van der Waals surface area contributed by atoms with Crippen molar-refractivity contribution in [3.8, 4) is 34.1 Å². The second-order valence-corrected chi connectivity index (χ2v) is 10.9. The molecule has 7 nitrogen and oxygen atoms in total. The number of H-pyrrole nitrogens is 1. The summed E-state index contributed by atoms with van der Waals surface area (Å²) >= 11 is 0. The van der Waals surface area contributed by atoms with Crippen LogP contribution in [-0.2, 0) is 25.5 Å². The Morgan fingerprint density at radius 3 is 2.34 bits per heavy atom. The van der Waals surface area contributed by atoms with Gasteiger partial charge in [-0.2, -0.15) is 0 Å². The maximum Gasteiger partial charge on any atom is 0.261 e. The van der Waals surface area contributed by atoms with Crippen LogP contribution in [0.1, 0.15) is 55.9 Å². The quantitative estimate of drug-likeness (QED) is 0.219. The van der Waals surface area contributed by atoms with Gasteiger partial charge in [0, 0.05) is 48.1 Å². The smallest absolute Gasteiger partial charge is 0.261 e. The Labute approximate surface area is 236 Å². The largest absolute Gasteiger partial charge is 0.456 e. The number of pyridine rings is 1. The van der Waals surface area contributed by atoms with E-state index in [4.69, 9.17) is 9.15 Å². The molecule has 0 unspecified atom stereocenters. The summed E-state index contributed by atoms with van der Waals surface area (Å²) in [4.78, 5) is 21.2. The van der Waals surface area contributed by atoms with Gasteiger partial charge in [0.2, 0.25) is 0 Å². The number of aliphatic hydroxyl groups is 1. The predicted octanol–water partition coefficient (Wildman–Crippen LogP) is 7.23. The fourth-order valence-corrected chi connectivity index (χ4v) is 5.14. The zero-order valence-electron chi connectivity index (χ0n) is 24.2. The van der Waals surface area contributed by atoms with Crippen molar-refractivity contribution in [2.75, 3.05) is 0 Å². The first-order valence-electron chi connectivity index (χ1n) is 13.5. The molecule has 2 N–H and O–H groups in total. The second-order valence-electron chi connectivity index (χ2n) is 10.9. The van der Waals surface area contributed by atoms with E-state index in [1.807, 2.05) is 13.8 Å². The van der Waals surface area contributed by atoms with E-state index >= 15 is 4.39 Å². The van der Waals surface area contributed by atoms with E-state index in [1.165, 1.54) is 42.7 Å². The lowest BCUT2D eigenvalue weighted by Crippen LogP contribution is -2.18. The molecule has 0 bridgehead atoms. The van der Waals surface area contributed by atoms with Gasteiger partial charge in [0.1, 0.15) is 40.2 Å². The third kappa shape index (κ3) is 5.06. The molecular formula is C32H33F2N3O4. The number of halogens is 2. The molecule has 0 fully saturated rings.